The van der Waals surface area contributed by atoms with Gasteiger partial charge in [-0.25, -0.2) is 0 Å². The van der Waals surface area contributed by atoms with Crippen LogP contribution >= 0.6 is 0 Å². The molecule has 0 bridgehead atoms. The topological polar surface area (TPSA) is 52.5 Å². The van der Waals surface area contributed by atoms with E-state index in [4.69, 9.17) is 9.47 Å². The van der Waals surface area contributed by atoms with Crippen molar-refractivity contribution in [3.63, 3.8) is 0 Å². The number of rotatable bonds is 8. The molecule has 1 amide bonds. The summed E-state index contributed by atoms with van der Waals surface area (Å²) in [7, 11) is 1.65. The largest absolute Gasteiger partial charge is 0.497 e. The molecular weight excluding hydrogens is 340 g/mol. The predicted molar refractivity (Wildman–Crippen MR) is 109 cm³/mol. The molecular formula is C22H26N2O3. The third-order valence-electron chi connectivity index (χ3n) is 4.53. The fourth-order valence-corrected chi connectivity index (χ4v) is 2.99. The normalized spacial score (nSPS) is 10.8. The van der Waals surface area contributed by atoms with Crippen molar-refractivity contribution in [2.24, 2.45) is 0 Å². The summed E-state index contributed by atoms with van der Waals surface area (Å²) in [6.45, 7) is 5.08. The average molecular weight is 366 g/mol. The van der Waals surface area contributed by atoms with Crippen molar-refractivity contribution in [2.75, 3.05) is 19.0 Å². The summed E-state index contributed by atoms with van der Waals surface area (Å²) in [5.41, 5.74) is 2.79. The van der Waals surface area contributed by atoms with Crippen LogP contribution in [0.2, 0.25) is 0 Å². The number of amides is 1. The first kappa shape index (κ1) is 18.8. The van der Waals surface area contributed by atoms with E-state index in [-0.39, 0.29) is 12.5 Å². The number of methoxy groups -OCH3 is 1. The van der Waals surface area contributed by atoms with E-state index in [1.807, 2.05) is 60.2 Å². The Balaban J connectivity index is 1.65. The number of nitrogens with one attached hydrogen (secondary N) is 1. The highest BCUT2D eigenvalue weighted by molar-refractivity contribution is 5.93. The van der Waals surface area contributed by atoms with E-state index in [9.17, 15) is 4.79 Å². The average Bonchev–Trinajstić information content (AvgIpc) is 3.06. The Morgan fingerprint density at radius 1 is 1.11 bits per heavy atom. The number of hydrogen-bond donors (Lipinski definition) is 1. The van der Waals surface area contributed by atoms with Gasteiger partial charge in [0.05, 0.1) is 13.7 Å². The summed E-state index contributed by atoms with van der Waals surface area (Å²) in [5, 5.41) is 4.04. The lowest BCUT2D eigenvalue weighted by Crippen LogP contribution is -2.18. The van der Waals surface area contributed by atoms with Gasteiger partial charge in [-0.2, -0.15) is 0 Å². The minimum absolute atomic E-state index is 0.0638. The Morgan fingerprint density at radius 2 is 1.93 bits per heavy atom. The van der Waals surface area contributed by atoms with Gasteiger partial charge in [0, 0.05) is 22.8 Å². The molecule has 0 unspecified atom stereocenters. The Bertz CT molecular complexity index is 930. The molecule has 0 fully saturated rings. The van der Waals surface area contributed by atoms with Crippen molar-refractivity contribution in [1.82, 2.24) is 4.57 Å². The summed E-state index contributed by atoms with van der Waals surface area (Å²) in [6, 6.07) is 13.6. The van der Waals surface area contributed by atoms with E-state index in [0.29, 0.717) is 6.61 Å². The fraction of sp³-hybridized carbons (Fsp3) is 0.318. The van der Waals surface area contributed by atoms with Crippen LogP contribution in [0.3, 0.4) is 0 Å². The van der Waals surface area contributed by atoms with Gasteiger partial charge in [0.25, 0.3) is 0 Å². The monoisotopic (exact) mass is 366 g/mol. The number of aromatic nitrogens is 1. The second-order valence-electron chi connectivity index (χ2n) is 6.60. The number of aryl methyl sites for hydroxylation is 1. The van der Waals surface area contributed by atoms with Crippen LogP contribution in [0.1, 0.15) is 25.3 Å². The molecule has 0 radical (unpaired) electrons. The van der Waals surface area contributed by atoms with Crippen molar-refractivity contribution >= 4 is 22.5 Å². The van der Waals surface area contributed by atoms with Gasteiger partial charge < -0.3 is 19.4 Å². The maximum absolute atomic E-state index is 12.5. The molecule has 0 atom stereocenters. The quantitative estimate of drug-likeness (QED) is 0.584. The van der Waals surface area contributed by atoms with Gasteiger partial charge in [0.1, 0.15) is 18.0 Å². The zero-order valence-corrected chi connectivity index (χ0v) is 16.1. The van der Waals surface area contributed by atoms with Gasteiger partial charge in [-0.15, -0.1) is 0 Å². The smallest absolute Gasteiger partial charge is 0.244 e. The Labute approximate surface area is 159 Å². The van der Waals surface area contributed by atoms with Gasteiger partial charge in [0.15, 0.2) is 0 Å². The Kier molecular flexibility index (Phi) is 6.01. The van der Waals surface area contributed by atoms with Gasteiger partial charge in [-0.3, -0.25) is 4.79 Å². The Hall–Kier alpha value is -2.95. The van der Waals surface area contributed by atoms with Crippen molar-refractivity contribution in [3.05, 3.63) is 54.2 Å². The first-order chi connectivity index (χ1) is 13.1. The number of carbonyl (C=O) groups is 1. The van der Waals surface area contributed by atoms with Crippen LogP contribution in [-0.2, 0) is 11.3 Å². The molecule has 2 aromatic carbocycles. The lowest BCUT2D eigenvalue weighted by molar-refractivity contribution is -0.116. The molecule has 0 spiro atoms. The Morgan fingerprint density at radius 3 is 2.67 bits per heavy atom. The van der Waals surface area contributed by atoms with E-state index >= 15 is 0 Å². The van der Waals surface area contributed by atoms with Crippen LogP contribution in [0.15, 0.2) is 48.7 Å². The number of anilines is 1. The highest BCUT2D eigenvalue weighted by atomic mass is 16.5. The standard InChI is InChI=1S/C22H26N2O3/c1-4-5-12-27-19-6-8-20(16(2)13-19)23-22(25)15-24-11-10-17-14-18(26-3)7-9-21(17)24/h6-11,13-14H,4-5,12,15H2,1-3H3,(H,23,25). The molecule has 0 aliphatic heterocycles. The minimum atomic E-state index is -0.0638. The van der Waals surface area contributed by atoms with E-state index in [2.05, 4.69) is 12.2 Å². The lowest BCUT2D eigenvalue weighted by Gasteiger charge is -2.12. The molecule has 0 saturated heterocycles. The number of unbranched alkanes of at least 4 members (excludes halogenated alkanes) is 1. The molecule has 1 aromatic heterocycles. The predicted octanol–water partition coefficient (Wildman–Crippen LogP) is 4.78. The maximum Gasteiger partial charge on any atom is 0.244 e. The van der Waals surface area contributed by atoms with Crippen molar-refractivity contribution < 1.29 is 14.3 Å². The third-order valence-corrected chi connectivity index (χ3v) is 4.53. The second-order valence-corrected chi connectivity index (χ2v) is 6.60. The zero-order valence-electron chi connectivity index (χ0n) is 16.1. The fourth-order valence-electron chi connectivity index (χ4n) is 2.99. The minimum Gasteiger partial charge on any atom is -0.497 e. The summed E-state index contributed by atoms with van der Waals surface area (Å²) >= 11 is 0. The van der Waals surface area contributed by atoms with E-state index < -0.39 is 0 Å². The van der Waals surface area contributed by atoms with Gasteiger partial charge >= 0.3 is 0 Å². The first-order valence-electron chi connectivity index (χ1n) is 9.27. The van der Waals surface area contributed by atoms with Gasteiger partial charge in [-0.1, -0.05) is 13.3 Å². The highest BCUT2D eigenvalue weighted by Gasteiger charge is 2.09. The van der Waals surface area contributed by atoms with Crippen LogP contribution in [0.25, 0.3) is 10.9 Å². The van der Waals surface area contributed by atoms with Gasteiger partial charge in [-0.05, 0) is 61.4 Å². The zero-order chi connectivity index (χ0) is 19.2. The molecule has 0 aliphatic carbocycles. The molecule has 142 valence electrons. The second kappa shape index (κ2) is 8.62. The summed E-state index contributed by atoms with van der Waals surface area (Å²) in [4.78, 5) is 12.5. The van der Waals surface area contributed by atoms with E-state index in [1.54, 1.807) is 7.11 Å². The molecule has 0 aliphatic rings. The summed E-state index contributed by atoms with van der Waals surface area (Å²) < 4.78 is 12.9. The SMILES string of the molecule is CCCCOc1ccc(NC(=O)Cn2ccc3cc(OC)ccc32)c(C)c1. The molecule has 0 saturated carbocycles. The van der Waals surface area contributed by atoms with Crippen molar-refractivity contribution in [2.45, 2.75) is 33.2 Å². The van der Waals surface area contributed by atoms with E-state index in [0.717, 1.165) is 46.5 Å². The number of carbonyl (C=O) groups excluding carboxylic acids is 1. The number of hydrogen-bond acceptors (Lipinski definition) is 3. The van der Waals surface area contributed by atoms with Gasteiger partial charge in [0.2, 0.25) is 5.91 Å². The van der Waals surface area contributed by atoms with Crippen LogP contribution in [0.5, 0.6) is 11.5 Å². The molecule has 3 rings (SSSR count). The highest BCUT2D eigenvalue weighted by Crippen LogP contribution is 2.23. The maximum atomic E-state index is 12.5. The lowest BCUT2D eigenvalue weighted by atomic mass is 10.2. The van der Waals surface area contributed by atoms with Crippen LogP contribution in [0.4, 0.5) is 5.69 Å². The molecule has 5 nitrogen and oxygen atoms in total. The number of benzene rings is 2. The summed E-state index contributed by atoms with van der Waals surface area (Å²) in [6.07, 6.45) is 4.06. The molecule has 1 N–H and O–H groups in total. The molecule has 3 aromatic rings. The third kappa shape index (κ3) is 4.61. The van der Waals surface area contributed by atoms with Crippen LogP contribution in [0, 0.1) is 6.92 Å². The van der Waals surface area contributed by atoms with E-state index in [1.165, 1.54) is 0 Å². The van der Waals surface area contributed by atoms with Crippen molar-refractivity contribution in [3.8, 4) is 11.5 Å². The summed E-state index contributed by atoms with van der Waals surface area (Å²) in [5.74, 6) is 1.58. The number of fused-ring (bicyclic) bond motifs is 1. The molecule has 1 heterocycles. The first-order valence-corrected chi connectivity index (χ1v) is 9.27. The van der Waals surface area contributed by atoms with Crippen LogP contribution < -0.4 is 14.8 Å². The molecule has 5 heteroatoms. The molecule has 27 heavy (non-hydrogen) atoms. The van der Waals surface area contributed by atoms with Crippen molar-refractivity contribution in [1.29, 1.82) is 0 Å². The number of nitrogens with zero attached hydrogens (tertiary/aromatic N) is 1. The van der Waals surface area contributed by atoms with Crippen LogP contribution in [-0.4, -0.2) is 24.2 Å². The number of ether oxygens (including phenoxy) is 2.